The molecule has 39 heavy (non-hydrogen) atoms. The summed E-state index contributed by atoms with van der Waals surface area (Å²) in [6.45, 7) is 0. The van der Waals surface area contributed by atoms with Crippen LogP contribution in [0.3, 0.4) is 0 Å². The molecule has 3 aromatic carbocycles. The second-order valence-electron chi connectivity index (χ2n) is 11.8. The maximum Gasteiger partial charge on any atom is 0.335 e. The van der Waals surface area contributed by atoms with Gasteiger partial charge in [-0.15, -0.1) is 0 Å². The summed E-state index contributed by atoms with van der Waals surface area (Å²) in [5.41, 5.74) is -0.573. The molecule has 3 nitrogen and oxygen atoms in total. The molecule has 0 spiro atoms. The molecule has 4 saturated carbocycles. The lowest BCUT2D eigenvalue weighted by Gasteiger charge is -2.43. The Morgan fingerprint density at radius 3 is 1.74 bits per heavy atom. The lowest BCUT2D eigenvalue weighted by molar-refractivity contribution is -0.0187. The number of halogens is 2. The van der Waals surface area contributed by atoms with Crippen molar-refractivity contribution >= 4 is 21.0 Å². The van der Waals surface area contributed by atoms with Gasteiger partial charge in [-0.25, -0.2) is 8.42 Å². The quantitative estimate of drug-likeness (QED) is 0.173. The zero-order valence-corrected chi connectivity index (χ0v) is 23.4. The molecular formula is C32H34F2O3S2. The Morgan fingerprint density at radius 2 is 1.26 bits per heavy atom. The highest BCUT2D eigenvalue weighted by molar-refractivity contribution is 7.97. The van der Waals surface area contributed by atoms with Crippen molar-refractivity contribution in [1.82, 2.24) is 0 Å². The zero-order chi connectivity index (χ0) is 27.3. The molecule has 6 unspecified atom stereocenters. The maximum atomic E-state index is 13.8. The molecular weight excluding hydrogens is 534 g/mol. The Morgan fingerprint density at radius 1 is 0.769 bits per heavy atom. The normalized spacial score (nSPS) is 30.7. The van der Waals surface area contributed by atoms with Crippen molar-refractivity contribution in [2.45, 2.75) is 64.9 Å². The van der Waals surface area contributed by atoms with E-state index < -0.39 is 27.2 Å². The second-order valence-corrected chi connectivity index (χ2v) is 15.3. The molecule has 0 saturated heterocycles. The molecule has 4 aliphatic carbocycles. The summed E-state index contributed by atoms with van der Waals surface area (Å²) in [7, 11) is -5.56. The van der Waals surface area contributed by atoms with Gasteiger partial charge in [-0.3, -0.25) is 0 Å². The maximum absolute atomic E-state index is 13.8. The van der Waals surface area contributed by atoms with E-state index in [1.807, 2.05) is 0 Å². The van der Waals surface area contributed by atoms with Crippen LogP contribution < -0.4 is 0 Å². The van der Waals surface area contributed by atoms with Gasteiger partial charge < -0.3 is 4.55 Å². The van der Waals surface area contributed by atoms with E-state index in [2.05, 4.69) is 91.0 Å². The second kappa shape index (κ2) is 10.3. The van der Waals surface area contributed by atoms with Crippen molar-refractivity contribution in [3.63, 3.8) is 0 Å². The van der Waals surface area contributed by atoms with Crippen LogP contribution in [0.5, 0.6) is 0 Å². The topological polar surface area (TPSA) is 57.2 Å². The molecule has 7 heteroatoms. The first-order chi connectivity index (χ1) is 18.7. The lowest BCUT2D eigenvalue weighted by atomic mass is 9.63. The van der Waals surface area contributed by atoms with Gasteiger partial charge in [0.15, 0.2) is 24.8 Å². The summed E-state index contributed by atoms with van der Waals surface area (Å²) in [4.78, 5) is 4.08. The minimum Gasteiger partial charge on any atom is -0.743 e. The van der Waals surface area contributed by atoms with Crippen LogP contribution in [0.4, 0.5) is 8.78 Å². The molecule has 0 amide bonds. The third-order valence-corrected chi connectivity index (χ3v) is 12.9. The molecule has 6 atom stereocenters. The summed E-state index contributed by atoms with van der Waals surface area (Å²) in [6, 6.07) is 32.2. The molecule has 0 radical (unpaired) electrons. The lowest BCUT2D eigenvalue weighted by Crippen LogP contribution is -2.41. The number of fused-ring (bicyclic) bond motifs is 9. The first kappa shape index (κ1) is 27.0. The van der Waals surface area contributed by atoms with Crippen molar-refractivity contribution in [2.24, 2.45) is 35.0 Å². The molecule has 3 aromatic rings. The Hall–Kier alpha value is -2.22. The predicted molar refractivity (Wildman–Crippen MR) is 148 cm³/mol. The van der Waals surface area contributed by atoms with Crippen molar-refractivity contribution in [2.75, 3.05) is 0 Å². The van der Waals surface area contributed by atoms with E-state index in [4.69, 9.17) is 0 Å². The van der Waals surface area contributed by atoms with E-state index in [0.717, 1.165) is 25.7 Å². The average Bonchev–Trinajstić information content (AvgIpc) is 3.71. The fourth-order valence-corrected chi connectivity index (χ4v) is 11.2. The summed E-state index contributed by atoms with van der Waals surface area (Å²) >= 11 is 0. The van der Waals surface area contributed by atoms with Crippen LogP contribution in [0.2, 0.25) is 0 Å². The van der Waals surface area contributed by atoms with Crippen LogP contribution in [-0.2, 0) is 21.0 Å². The molecule has 0 aliphatic heterocycles. The number of alkyl halides is 2. The Balaban J connectivity index is 0.000000142. The first-order valence-electron chi connectivity index (χ1n) is 13.9. The monoisotopic (exact) mass is 568 g/mol. The number of hydrogen-bond acceptors (Lipinski definition) is 3. The van der Waals surface area contributed by atoms with E-state index in [0.29, 0.717) is 30.1 Å². The SMILES string of the molecule is O=S(=O)([O-])C(F)(F)CC12CCC(C1)C1C3CCC(C3)C12.c1ccc([S+](c2ccccc2)c2ccccc2)cc1. The van der Waals surface area contributed by atoms with Gasteiger partial charge in [0.1, 0.15) is 0 Å². The van der Waals surface area contributed by atoms with Gasteiger partial charge in [0, 0.05) is 6.42 Å². The van der Waals surface area contributed by atoms with Crippen molar-refractivity contribution in [1.29, 1.82) is 0 Å². The van der Waals surface area contributed by atoms with Gasteiger partial charge in [-0.1, -0.05) is 54.6 Å². The third kappa shape index (κ3) is 4.95. The molecule has 206 valence electrons. The number of hydrogen-bond donors (Lipinski definition) is 0. The smallest absolute Gasteiger partial charge is 0.335 e. The van der Waals surface area contributed by atoms with Gasteiger partial charge in [-0.2, -0.15) is 8.78 Å². The molecule has 0 heterocycles. The van der Waals surface area contributed by atoms with E-state index in [1.165, 1.54) is 21.1 Å². The summed E-state index contributed by atoms with van der Waals surface area (Å²) in [5, 5.41) is -4.10. The number of rotatable bonds is 6. The van der Waals surface area contributed by atoms with Crippen LogP contribution in [0.1, 0.15) is 44.9 Å². The van der Waals surface area contributed by atoms with Crippen LogP contribution in [0, 0.1) is 35.0 Å². The summed E-state index contributed by atoms with van der Waals surface area (Å²) in [6.07, 6.45) is 5.09. The Kier molecular flexibility index (Phi) is 7.13. The number of benzene rings is 3. The van der Waals surface area contributed by atoms with Gasteiger partial charge in [-0.05, 0) is 110 Å². The minimum absolute atomic E-state index is 0.0146. The molecule has 7 rings (SSSR count). The molecule has 4 aliphatic rings. The van der Waals surface area contributed by atoms with E-state index in [9.17, 15) is 21.8 Å². The minimum atomic E-state index is -5.54. The predicted octanol–water partition coefficient (Wildman–Crippen LogP) is 7.76. The molecule has 4 bridgehead atoms. The first-order valence-corrected chi connectivity index (χ1v) is 16.5. The Bertz CT molecular complexity index is 1290. The summed E-state index contributed by atoms with van der Waals surface area (Å²) < 4.78 is 60.2. The van der Waals surface area contributed by atoms with Gasteiger partial charge in [0.25, 0.3) is 0 Å². The highest BCUT2D eigenvalue weighted by Crippen LogP contribution is 2.74. The largest absolute Gasteiger partial charge is 0.743 e. The van der Waals surface area contributed by atoms with Crippen LogP contribution in [0.15, 0.2) is 106 Å². The van der Waals surface area contributed by atoms with E-state index >= 15 is 0 Å². The zero-order valence-electron chi connectivity index (χ0n) is 21.8. The average molecular weight is 569 g/mol. The van der Waals surface area contributed by atoms with Gasteiger partial charge in [0.2, 0.25) is 0 Å². The molecule has 4 fully saturated rings. The Labute approximate surface area is 233 Å². The van der Waals surface area contributed by atoms with Crippen molar-refractivity contribution in [3.8, 4) is 0 Å². The van der Waals surface area contributed by atoms with Crippen molar-refractivity contribution in [3.05, 3.63) is 91.0 Å². The van der Waals surface area contributed by atoms with Crippen molar-refractivity contribution < 1.29 is 21.8 Å². The van der Waals surface area contributed by atoms with Crippen LogP contribution in [-0.4, -0.2) is 18.2 Å². The van der Waals surface area contributed by atoms with Crippen LogP contribution in [0.25, 0.3) is 0 Å². The summed E-state index contributed by atoms with van der Waals surface area (Å²) in [5.74, 6) is 2.47. The standard InChI is InChI=1S/C18H15S.C14H20F2O3S/c1-4-10-16(11-5-1)19(17-12-6-2-7-13-17)18-14-8-3-9-15-18;15-14(16,20(17,18)19)7-13-4-3-10(6-13)11-8-1-2-9(5-8)12(11)13/h1-15H;8-12H,1-7H2,(H,17,18,19)/q+1;/p-1. The molecule has 0 N–H and O–H groups in total. The third-order valence-electron chi connectivity index (χ3n) is 9.77. The highest BCUT2D eigenvalue weighted by Gasteiger charge is 2.68. The fraction of sp³-hybridized carbons (Fsp3) is 0.438. The molecule has 0 aromatic heterocycles. The van der Waals surface area contributed by atoms with Gasteiger partial charge >= 0.3 is 5.25 Å². The van der Waals surface area contributed by atoms with Gasteiger partial charge in [0.05, 0.1) is 10.9 Å². The van der Waals surface area contributed by atoms with E-state index in [-0.39, 0.29) is 16.8 Å². The van der Waals surface area contributed by atoms with E-state index in [1.54, 1.807) is 0 Å². The highest BCUT2D eigenvalue weighted by atomic mass is 32.2. The fourth-order valence-electron chi connectivity index (χ4n) is 8.61. The van der Waals surface area contributed by atoms with Crippen LogP contribution >= 0.6 is 0 Å².